The molecule has 0 bridgehead atoms. The highest BCUT2D eigenvalue weighted by Crippen LogP contribution is 2.46. The van der Waals surface area contributed by atoms with E-state index in [4.69, 9.17) is 14.4 Å². The summed E-state index contributed by atoms with van der Waals surface area (Å²) in [6.07, 6.45) is 4.36. The lowest BCUT2D eigenvalue weighted by Crippen LogP contribution is -2.03. The van der Waals surface area contributed by atoms with Crippen molar-refractivity contribution >= 4 is 93.9 Å². The average Bonchev–Trinajstić information content (AvgIpc) is 3.89. The van der Waals surface area contributed by atoms with Gasteiger partial charge in [-0.25, -0.2) is 9.97 Å². The van der Waals surface area contributed by atoms with E-state index in [0.717, 1.165) is 78.8 Å². The van der Waals surface area contributed by atoms with Gasteiger partial charge in [0.05, 0.1) is 38.7 Å². The van der Waals surface area contributed by atoms with E-state index in [1.54, 1.807) is 0 Å². The predicted molar refractivity (Wildman–Crippen MR) is 201 cm³/mol. The zero-order chi connectivity index (χ0) is 31.8. The van der Waals surface area contributed by atoms with Gasteiger partial charge in [-0.1, -0.05) is 66.7 Å². The van der Waals surface area contributed by atoms with Crippen LogP contribution in [0, 0.1) is 0 Å². The molecule has 1 aliphatic rings. The molecule has 0 radical (unpaired) electrons. The Kier molecular flexibility index (Phi) is 4.76. The zero-order valence-electron chi connectivity index (χ0n) is 26.3. The lowest BCUT2D eigenvalue weighted by Gasteiger charge is -2.17. The van der Waals surface area contributed by atoms with Crippen LogP contribution in [0.5, 0.6) is 0 Å². The molecule has 0 fully saturated rings. The summed E-state index contributed by atoms with van der Waals surface area (Å²) in [7, 11) is 0. The van der Waals surface area contributed by atoms with Crippen LogP contribution in [0.4, 0.5) is 0 Å². The first-order chi connectivity index (χ1) is 24.3. The lowest BCUT2D eigenvalue weighted by molar-refractivity contribution is 0.673. The molecule has 5 heteroatoms. The SMILES string of the molecule is C1=C(c2cc3c4nc5ccccc5nc4n4c5ccc6c7ccccc7oc6c5c(c2)c34)CCc2c1n(-c1ccccc1)c1ccccc21. The Labute approximate surface area is 279 Å². The predicted octanol–water partition coefficient (Wildman–Crippen LogP) is 11.1. The first-order valence-corrected chi connectivity index (χ1v) is 16.9. The molecule has 0 saturated heterocycles. The smallest absolute Gasteiger partial charge is 0.165 e. The van der Waals surface area contributed by atoms with Crippen molar-refractivity contribution in [2.75, 3.05) is 0 Å². The van der Waals surface area contributed by atoms with Gasteiger partial charge >= 0.3 is 0 Å². The van der Waals surface area contributed by atoms with E-state index in [2.05, 4.69) is 118 Å². The molecule has 0 atom stereocenters. The molecule has 6 aromatic carbocycles. The van der Waals surface area contributed by atoms with E-state index in [9.17, 15) is 0 Å². The zero-order valence-corrected chi connectivity index (χ0v) is 26.3. The number of hydrogen-bond donors (Lipinski definition) is 0. The molecule has 0 spiro atoms. The molecule has 0 N–H and O–H groups in total. The van der Waals surface area contributed by atoms with Gasteiger partial charge in [-0.15, -0.1) is 0 Å². The standard InChI is InChI=1S/C44H26N4O/c1-2-10-27(11-3-1)47-36-16-8-4-12-28(36)29-19-18-25(24-38(29)47)26-22-32-40-37(21-20-31-30-13-5-9-17-39(30)49-43(31)40)48-42(32)33(23-26)41-44(48)46-35-15-7-6-14-34(35)45-41/h1-17,20-24H,18-19H2. The quantitative estimate of drug-likeness (QED) is 0.192. The van der Waals surface area contributed by atoms with Crippen LogP contribution in [0.15, 0.2) is 132 Å². The van der Waals surface area contributed by atoms with Crippen LogP contribution in [0.25, 0.3) is 99.6 Å². The molecule has 5 aromatic heterocycles. The molecule has 5 nitrogen and oxygen atoms in total. The number of furan rings is 1. The fraction of sp³-hybridized carbons (Fsp3) is 0.0455. The minimum atomic E-state index is 0.880. The molecule has 1 aliphatic carbocycles. The van der Waals surface area contributed by atoms with Crippen LogP contribution in [0.1, 0.15) is 23.2 Å². The molecule has 12 rings (SSSR count). The van der Waals surface area contributed by atoms with Gasteiger partial charge in [0.25, 0.3) is 0 Å². The molecule has 0 saturated carbocycles. The van der Waals surface area contributed by atoms with Crippen molar-refractivity contribution in [1.29, 1.82) is 0 Å². The van der Waals surface area contributed by atoms with E-state index >= 15 is 0 Å². The molecule has 5 heterocycles. The van der Waals surface area contributed by atoms with Crippen molar-refractivity contribution in [3.05, 3.63) is 144 Å². The maximum absolute atomic E-state index is 6.67. The number of allylic oxidation sites excluding steroid dienone is 1. The molecule has 49 heavy (non-hydrogen) atoms. The van der Waals surface area contributed by atoms with Crippen LogP contribution in [0.3, 0.4) is 0 Å². The first-order valence-electron chi connectivity index (χ1n) is 16.9. The van der Waals surface area contributed by atoms with Gasteiger partial charge in [0, 0.05) is 32.6 Å². The number of aromatic nitrogens is 4. The maximum atomic E-state index is 6.67. The fourth-order valence-corrected chi connectivity index (χ4v) is 8.65. The van der Waals surface area contributed by atoms with Crippen molar-refractivity contribution in [3.8, 4) is 5.69 Å². The van der Waals surface area contributed by atoms with Gasteiger partial charge in [-0.05, 0) is 96.3 Å². The minimum absolute atomic E-state index is 0.880. The van der Waals surface area contributed by atoms with E-state index < -0.39 is 0 Å². The third-order valence-electron chi connectivity index (χ3n) is 10.7. The van der Waals surface area contributed by atoms with Crippen molar-refractivity contribution < 1.29 is 4.42 Å². The summed E-state index contributed by atoms with van der Waals surface area (Å²) < 4.78 is 11.4. The van der Waals surface area contributed by atoms with Crippen LogP contribution in [-0.2, 0) is 6.42 Å². The van der Waals surface area contributed by atoms with Gasteiger partial charge in [0.1, 0.15) is 16.7 Å². The fourth-order valence-electron chi connectivity index (χ4n) is 8.65. The molecule has 0 aliphatic heterocycles. The van der Waals surface area contributed by atoms with Crippen molar-refractivity contribution in [1.82, 2.24) is 18.9 Å². The summed E-state index contributed by atoms with van der Waals surface area (Å²) in [5.41, 5.74) is 15.3. The second-order valence-corrected chi connectivity index (χ2v) is 13.3. The van der Waals surface area contributed by atoms with E-state index in [1.807, 2.05) is 24.3 Å². The van der Waals surface area contributed by atoms with Gasteiger partial charge in [-0.2, -0.15) is 0 Å². The van der Waals surface area contributed by atoms with Crippen LogP contribution in [0.2, 0.25) is 0 Å². The van der Waals surface area contributed by atoms with E-state index in [-0.39, 0.29) is 0 Å². The highest BCUT2D eigenvalue weighted by molar-refractivity contribution is 6.29. The summed E-state index contributed by atoms with van der Waals surface area (Å²) in [4.78, 5) is 10.5. The maximum Gasteiger partial charge on any atom is 0.165 e. The summed E-state index contributed by atoms with van der Waals surface area (Å²) in [5.74, 6) is 0. The van der Waals surface area contributed by atoms with Crippen LogP contribution in [-0.4, -0.2) is 18.9 Å². The van der Waals surface area contributed by atoms with Gasteiger partial charge in [0.15, 0.2) is 5.65 Å². The molecular formula is C44H26N4O. The summed E-state index contributed by atoms with van der Waals surface area (Å²) in [6.45, 7) is 0. The molecular weight excluding hydrogens is 601 g/mol. The monoisotopic (exact) mass is 626 g/mol. The number of fused-ring (bicyclic) bond motifs is 14. The van der Waals surface area contributed by atoms with E-state index in [0.29, 0.717) is 0 Å². The highest BCUT2D eigenvalue weighted by Gasteiger charge is 2.26. The molecule has 0 unspecified atom stereocenters. The summed E-state index contributed by atoms with van der Waals surface area (Å²) in [6, 6.07) is 45.2. The van der Waals surface area contributed by atoms with E-state index in [1.165, 1.54) is 44.4 Å². The Morgan fingerprint density at radius 2 is 1.35 bits per heavy atom. The third-order valence-corrected chi connectivity index (χ3v) is 10.7. The lowest BCUT2D eigenvalue weighted by atomic mass is 9.89. The number of para-hydroxylation sites is 5. The number of rotatable bonds is 2. The third kappa shape index (κ3) is 3.29. The first kappa shape index (κ1) is 25.6. The van der Waals surface area contributed by atoms with Crippen molar-refractivity contribution in [3.63, 3.8) is 0 Å². The Bertz CT molecular complexity index is 3210. The largest absolute Gasteiger partial charge is 0.455 e. The summed E-state index contributed by atoms with van der Waals surface area (Å²) in [5, 5.41) is 7.02. The number of nitrogens with zero attached hydrogens (tertiary/aromatic N) is 4. The second kappa shape index (κ2) is 9.12. The Hall–Kier alpha value is -6.46. The average molecular weight is 627 g/mol. The van der Waals surface area contributed by atoms with Gasteiger partial charge in [-0.3, -0.25) is 4.40 Å². The molecule has 0 amide bonds. The Balaban J connectivity index is 1.21. The second-order valence-electron chi connectivity index (χ2n) is 13.3. The van der Waals surface area contributed by atoms with Gasteiger partial charge in [0.2, 0.25) is 0 Å². The molecule has 11 aromatic rings. The number of aryl methyl sites for hydroxylation is 1. The molecule has 228 valence electrons. The van der Waals surface area contributed by atoms with Crippen LogP contribution < -0.4 is 0 Å². The number of hydrogen-bond acceptors (Lipinski definition) is 3. The normalized spacial score (nSPS) is 13.7. The minimum Gasteiger partial charge on any atom is -0.455 e. The van der Waals surface area contributed by atoms with Crippen molar-refractivity contribution in [2.24, 2.45) is 0 Å². The Morgan fingerprint density at radius 1 is 0.592 bits per heavy atom. The van der Waals surface area contributed by atoms with Gasteiger partial charge < -0.3 is 8.98 Å². The highest BCUT2D eigenvalue weighted by atomic mass is 16.3. The van der Waals surface area contributed by atoms with Crippen molar-refractivity contribution in [2.45, 2.75) is 12.8 Å². The summed E-state index contributed by atoms with van der Waals surface area (Å²) >= 11 is 0. The number of benzene rings is 6. The Morgan fingerprint density at radius 3 is 2.24 bits per heavy atom. The topological polar surface area (TPSA) is 48.3 Å². The van der Waals surface area contributed by atoms with Crippen LogP contribution >= 0.6 is 0 Å².